The van der Waals surface area contributed by atoms with E-state index in [0.29, 0.717) is 0 Å². The summed E-state index contributed by atoms with van der Waals surface area (Å²) in [6, 6.07) is 0. The average Bonchev–Trinajstić information content (AvgIpc) is 2.86. The molecular formula is C16H3F31O2. The predicted octanol–water partition coefficient (Wildman–Crippen LogP) is 8.75. The van der Waals surface area contributed by atoms with Crippen molar-refractivity contribution in [3.05, 3.63) is 0 Å². The highest BCUT2D eigenvalue weighted by Gasteiger charge is 3.01. The van der Waals surface area contributed by atoms with Crippen LogP contribution in [0.1, 0.15) is 0 Å². The first-order valence-corrected chi connectivity index (χ1v) is 10.2. The number of aliphatic hydroxyl groups is 2. The normalized spacial score (nSPS) is 17.8. The number of aliphatic hydroxyl groups excluding tert-OH is 1. The molecule has 49 heavy (non-hydrogen) atoms. The summed E-state index contributed by atoms with van der Waals surface area (Å²) in [4.78, 5) is 0. The number of alkyl halides is 31. The molecule has 0 aromatic rings. The van der Waals surface area contributed by atoms with Gasteiger partial charge < -0.3 is 10.2 Å². The zero-order valence-corrected chi connectivity index (χ0v) is 20.7. The molecule has 0 aliphatic carbocycles. The zero-order valence-electron chi connectivity index (χ0n) is 20.7. The lowest BCUT2D eigenvalue weighted by Gasteiger charge is -2.46. The van der Waals surface area contributed by atoms with Crippen molar-refractivity contribution in [2.75, 3.05) is 0 Å². The van der Waals surface area contributed by atoms with Gasteiger partial charge in [-0.1, -0.05) is 0 Å². The first-order chi connectivity index (χ1) is 20.4. The highest BCUT2D eigenvalue weighted by atomic mass is 19.4. The molecule has 0 heterocycles. The monoisotopic (exact) mass is 816 g/mol. The van der Waals surface area contributed by atoms with Crippen LogP contribution in [0.3, 0.4) is 0 Å². The second-order valence-electron chi connectivity index (χ2n) is 8.97. The lowest BCUT2D eigenvalue weighted by molar-refractivity contribution is -0.492. The van der Waals surface area contributed by atoms with Crippen LogP contribution in [0.5, 0.6) is 0 Å². The van der Waals surface area contributed by atoms with Crippen molar-refractivity contribution >= 4 is 0 Å². The minimum absolute atomic E-state index is 5.97. The number of halogens is 31. The Morgan fingerprint density at radius 2 is 0.367 bits per heavy atom. The van der Waals surface area contributed by atoms with Crippen molar-refractivity contribution in [2.24, 2.45) is 0 Å². The Hall–Kier alpha value is -2.25. The first kappa shape index (κ1) is 46.8. The molecule has 0 bridgehead atoms. The van der Waals surface area contributed by atoms with Crippen molar-refractivity contribution < 1.29 is 146 Å². The summed E-state index contributed by atoms with van der Waals surface area (Å²) in [5.74, 6) is -133. The van der Waals surface area contributed by atoms with Crippen molar-refractivity contribution in [3.8, 4) is 0 Å². The number of hydrogen-bond donors (Lipinski definition) is 2. The van der Waals surface area contributed by atoms with E-state index in [1.54, 1.807) is 0 Å². The highest BCUT2D eigenvalue weighted by molar-refractivity contribution is 5.21. The van der Waals surface area contributed by atoms with Gasteiger partial charge in [-0.15, -0.1) is 0 Å². The third-order valence-corrected chi connectivity index (χ3v) is 5.83. The topological polar surface area (TPSA) is 40.5 Å². The van der Waals surface area contributed by atoms with Crippen LogP contribution in [-0.2, 0) is 0 Å². The van der Waals surface area contributed by atoms with Crippen LogP contribution in [0.25, 0.3) is 0 Å². The third-order valence-electron chi connectivity index (χ3n) is 5.83. The van der Waals surface area contributed by atoms with Crippen LogP contribution >= 0.6 is 0 Å². The van der Waals surface area contributed by atoms with E-state index in [0.717, 1.165) is 0 Å². The van der Waals surface area contributed by atoms with Crippen LogP contribution in [0, 0.1) is 0 Å². The maximum atomic E-state index is 13.7. The molecule has 0 amide bonds. The molecular weight excluding hydrogens is 813 g/mol. The van der Waals surface area contributed by atoms with Crippen LogP contribution in [-0.4, -0.2) is 106 Å². The van der Waals surface area contributed by atoms with Crippen LogP contribution in [0.15, 0.2) is 0 Å². The van der Waals surface area contributed by atoms with Gasteiger partial charge in [-0.2, -0.15) is 132 Å². The molecule has 0 radical (unpaired) electrons. The molecule has 0 aliphatic rings. The van der Waals surface area contributed by atoms with Crippen molar-refractivity contribution in [2.45, 2.75) is 95.4 Å². The fourth-order valence-corrected chi connectivity index (χ4v) is 2.72. The molecule has 1 unspecified atom stereocenters. The van der Waals surface area contributed by atoms with Gasteiger partial charge in [0, 0.05) is 0 Å². The Morgan fingerprint density at radius 3 is 0.490 bits per heavy atom. The highest BCUT2D eigenvalue weighted by Crippen LogP contribution is 2.69. The quantitative estimate of drug-likeness (QED) is 0.163. The molecule has 2 N–H and O–H groups in total. The number of rotatable bonds is 15. The summed E-state index contributed by atoms with van der Waals surface area (Å²) in [5, 5.41) is 15.1. The molecule has 0 saturated carbocycles. The lowest BCUT2D eigenvalue weighted by Crippen LogP contribution is -2.79. The van der Waals surface area contributed by atoms with Gasteiger partial charge in [0.1, 0.15) is 0 Å². The molecule has 0 aromatic heterocycles. The summed E-state index contributed by atoms with van der Waals surface area (Å²) in [7, 11) is 0. The summed E-state index contributed by atoms with van der Waals surface area (Å²) in [6.07, 6.45) is -13.8. The second kappa shape index (κ2) is 11.1. The number of hydrogen-bond acceptors (Lipinski definition) is 2. The predicted molar refractivity (Wildman–Crippen MR) is 83.5 cm³/mol. The Kier molecular flexibility index (Phi) is 10.6. The zero-order chi connectivity index (χ0) is 41.1. The van der Waals surface area contributed by atoms with Gasteiger partial charge in [0.25, 0.3) is 6.36 Å². The lowest BCUT2D eigenvalue weighted by atomic mass is 9.83. The molecule has 0 spiro atoms. The molecule has 1 atom stereocenters. The Balaban J connectivity index is 7.66. The Labute approximate surface area is 243 Å². The van der Waals surface area contributed by atoms with E-state index in [-0.39, 0.29) is 0 Å². The molecule has 0 aromatic carbocycles. The average molecular weight is 816 g/mol. The van der Waals surface area contributed by atoms with E-state index in [2.05, 4.69) is 0 Å². The summed E-state index contributed by atoms with van der Waals surface area (Å²) < 4.78 is 412. The van der Waals surface area contributed by atoms with Gasteiger partial charge in [-0.25, -0.2) is 4.39 Å². The fraction of sp³-hybridized carbons (Fsp3) is 1.00. The van der Waals surface area contributed by atoms with Gasteiger partial charge in [0.05, 0.1) is 0 Å². The molecule has 0 saturated heterocycles. The Morgan fingerprint density at radius 1 is 0.245 bits per heavy atom. The van der Waals surface area contributed by atoms with Crippen molar-refractivity contribution in [1.29, 1.82) is 0 Å². The molecule has 0 fully saturated rings. The van der Waals surface area contributed by atoms with Gasteiger partial charge in [0.15, 0.2) is 0 Å². The van der Waals surface area contributed by atoms with Crippen molar-refractivity contribution in [1.82, 2.24) is 0 Å². The van der Waals surface area contributed by atoms with E-state index < -0.39 is 95.4 Å². The largest absolute Gasteiger partial charge is 0.423 e. The molecule has 296 valence electrons. The SMILES string of the molecule is OC(F)C(F)(F)C(F)(F)C(F)(F)C(F)(F)C(F)(F)C(F)(F)C(F)(F)C(F)(F)C(F)(F)C(F)(F)C(F)(F)C(F)(F)C(F)(F)C(F)(F)C(O)(F)F. The summed E-state index contributed by atoms with van der Waals surface area (Å²) in [5.41, 5.74) is 0. The maximum absolute atomic E-state index is 13.7. The van der Waals surface area contributed by atoms with Crippen LogP contribution in [0.2, 0.25) is 0 Å². The maximum Gasteiger partial charge on any atom is 0.423 e. The molecule has 0 rings (SSSR count). The molecule has 2 nitrogen and oxygen atoms in total. The minimum atomic E-state index is -10.1. The Bertz CT molecular complexity index is 1200. The standard InChI is InChI=1S/C16H3F31O2/c17-1(48)2(18,19)3(20,21)4(22,23)5(24,25)6(26,27)7(28,29)8(30,31)9(32,33)10(34,35)11(36,37)12(38,39)13(40,41)14(42,43)15(44,45)16(46,47)49/h1,48-49H. The summed E-state index contributed by atoms with van der Waals surface area (Å²) in [6.45, 7) is 0. The minimum Gasteiger partial charge on any atom is -0.359 e. The molecule has 0 aliphatic heterocycles. The summed E-state index contributed by atoms with van der Waals surface area (Å²) >= 11 is 0. The van der Waals surface area contributed by atoms with Crippen molar-refractivity contribution in [3.63, 3.8) is 0 Å². The fourth-order valence-electron chi connectivity index (χ4n) is 2.72. The third kappa shape index (κ3) is 5.20. The van der Waals surface area contributed by atoms with E-state index in [1.807, 2.05) is 0 Å². The van der Waals surface area contributed by atoms with Gasteiger partial charge >= 0.3 is 89.0 Å². The van der Waals surface area contributed by atoms with Gasteiger partial charge in [0.2, 0.25) is 0 Å². The van der Waals surface area contributed by atoms with E-state index in [1.165, 1.54) is 0 Å². The van der Waals surface area contributed by atoms with Gasteiger partial charge in [-0.3, -0.25) is 0 Å². The van der Waals surface area contributed by atoms with E-state index in [4.69, 9.17) is 10.2 Å². The van der Waals surface area contributed by atoms with Crippen LogP contribution in [0.4, 0.5) is 136 Å². The molecule has 33 heteroatoms. The first-order valence-electron chi connectivity index (χ1n) is 10.2. The smallest absolute Gasteiger partial charge is 0.359 e. The van der Waals surface area contributed by atoms with Gasteiger partial charge in [-0.05, 0) is 0 Å². The van der Waals surface area contributed by atoms with E-state index >= 15 is 0 Å². The second-order valence-corrected chi connectivity index (χ2v) is 8.97. The van der Waals surface area contributed by atoms with Crippen LogP contribution < -0.4 is 0 Å². The van der Waals surface area contributed by atoms with E-state index in [9.17, 15) is 136 Å².